The highest BCUT2D eigenvalue weighted by Crippen LogP contribution is 2.29. The van der Waals surface area contributed by atoms with Gasteiger partial charge in [0.1, 0.15) is 0 Å². The average Bonchev–Trinajstić information content (AvgIpc) is 2.54. The molecule has 0 bridgehead atoms. The topological polar surface area (TPSA) is 61.4 Å². The normalized spacial score (nSPS) is 12.5. The highest BCUT2D eigenvalue weighted by atomic mass is 19.4. The van der Waals surface area contributed by atoms with Crippen molar-refractivity contribution in [2.75, 3.05) is 11.9 Å². The molecule has 2 aromatic carbocycles. The summed E-state index contributed by atoms with van der Waals surface area (Å²) in [5.74, 6) is 0. The molecular formula is C17H17F3N2O2. The number of nitrogens with one attached hydrogen (secondary N) is 2. The number of urea groups is 1. The first-order chi connectivity index (χ1) is 11.4. The molecule has 3 N–H and O–H groups in total. The second kappa shape index (κ2) is 7.83. The summed E-state index contributed by atoms with van der Waals surface area (Å²) in [6.45, 7) is -0.255. The summed E-state index contributed by atoms with van der Waals surface area (Å²) in [4.78, 5) is 11.9. The van der Waals surface area contributed by atoms with E-state index in [4.69, 9.17) is 0 Å². The molecule has 0 spiro atoms. The Kier molecular flexibility index (Phi) is 5.81. The fourth-order valence-electron chi connectivity index (χ4n) is 2.15. The van der Waals surface area contributed by atoms with Crippen LogP contribution in [0.25, 0.3) is 0 Å². The van der Waals surface area contributed by atoms with Crippen molar-refractivity contribution in [2.24, 2.45) is 0 Å². The average molecular weight is 338 g/mol. The number of carbonyl (C=O) groups is 1. The number of amides is 2. The largest absolute Gasteiger partial charge is 0.416 e. The highest BCUT2D eigenvalue weighted by molar-refractivity contribution is 5.89. The molecule has 4 nitrogen and oxygen atoms in total. The zero-order chi connectivity index (χ0) is 17.6. The van der Waals surface area contributed by atoms with Gasteiger partial charge in [0, 0.05) is 5.69 Å². The van der Waals surface area contributed by atoms with Gasteiger partial charge in [-0.25, -0.2) is 4.79 Å². The lowest BCUT2D eigenvalue weighted by Gasteiger charge is -2.17. The summed E-state index contributed by atoms with van der Waals surface area (Å²) in [6.07, 6.45) is -3.98. The maximum atomic E-state index is 12.5. The van der Waals surface area contributed by atoms with Gasteiger partial charge in [0.25, 0.3) is 0 Å². The van der Waals surface area contributed by atoms with Crippen molar-refractivity contribution in [1.29, 1.82) is 0 Å². The highest BCUT2D eigenvalue weighted by Gasteiger charge is 2.30. The van der Waals surface area contributed by atoms with Crippen molar-refractivity contribution >= 4 is 11.7 Å². The quantitative estimate of drug-likeness (QED) is 0.782. The molecule has 2 amide bonds. The molecule has 0 heterocycles. The molecule has 2 aromatic rings. The van der Waals surface area contributed by atoms with Crippen LogP contribution in [-0.2, 0) is 12.6 Å². The predicted octanol–water partition coefficient (Wildman–Crippen LogP) is 3.43. The zero-order valence-electron chi connectivity index (χ0n) is 12.7. The number of hydrogen-bond acceptors (Lipinski definition) is 2. The van der Waals surface area contributed by atoms with Crippen LogP contribution in [0.2, 0.25) is 0 Å². The molecule has 1 atom stereocenters. The van der Waals surface area contributed by atoms with E-state index in [0.717, 1.165) is 17.7 Å². The first-order valence-electron chi connectivity index (χ1n) is 7.28. The van der Waals surface area contributed by atoms with E-state index in [0.29, 0.717) is 6.42 Å². The molecule has 0 saturated carbocycles. The van der Waals surface area contributed by atoms with Crippen molar-refractivity contribution in [3.05, 3.63) is 65.7 Å². The molecule has 0 aliphatic carbocycles. The number of aliphatic hydroxyl groups excluding tert-OH is 1. The SMILES string of the molecule is O=C(Nc1ccc(C(F)(F)F)cc1)NC(CO)Cc1ccccc1. The summed E-state index contributed by atoms with van der Waals surface area (Å²) < 4.78 is 37.4. The first kappa shape index (κ1) is 17.8. The molecule has 2 rings (SSSR count). The van der Waals surface area contributed by atoms with E-state index in [1.54, 1.807) is 0 Å². The standard InChI is InChI=1S/C17H17F3N2O2/c18-17(19,20)13-6-8-14(9-7-13)21-16(24)22-15(11-23)10-12-4-2-1-3-5-12/h1-9,15,23H,10-11H2,(H2,21,22,24). The van der Waals surface area contributed by atoms with Crippen LogP contribution >= 0.6 is 0 Å². The number of alkyl halides is 3. The van der Waals surface area contributed by atoms with Gasteiger partial charge in [0.2, 0.25) is 0 Å². The van der Waals surface area contributed by atoms with Gasteiger partial charge in [-0.2, -0.15) is 13.2 Å². The Labute approximate surface area is 137 Å². The summed E-state index contributed by atoms with van der Waals surface area (Å²) in [6, 6.07) is 12.4. The smallest absolute Gasteiger partial charge is 0.394 e. The van der Waals surface area contributed by atoms with Gasteiger partial charge in [0.05, 0.1) is 18.2 Å². The maximum Gasteiger partial charge on any atom is 0.416 e. The molecule has 0 aliphatic rings. The minimum atomic E-state index is -4.42. The van der Waals surface area contributed by atoms with Crippen LogP contribution in [0.1, 0.15) is 11.1 Å². The Morgan fingerprint density at radius 3 is 2.21 bits per heavy atom. The number of benzene rings is 2. The van der Waals surface area contributed by atoms with Crippen LogP contribution in [0.5, 0.6) is 0 Å². The van der Waals surface area contributed by atoms with E-state index in [9.17, 15) is 23.1 Å². The van der Waals surface area contributed by atoms with E-state index < -0.39 is 23.8 Å². The van der Waals surface area contributed by atoms with E-state index in [1.165, 1.54) is 12.1 Å². The minimum Gasteiger partial charge on any atom is -0.394 e. The fourth-order valence-corrected chi connectivity index (χ4v) is 2.15. The molecule has 0 aliphatic heterocycles. The van der Waals surface area contributed by atoms with Crippen LogP contribution in [0.15, 0.2) is 54.6 Å². The molecule has 24 heavy (non-hydrogen) atoms. The van der Waals surface area contributed by atoms with E-state index >= 15 is 0 Å². The first-order valence-corrected chi connectivity index (χ1v) is 7.28. The van der Waals surface area contributed by atoms with Crippen molar-refractivity contribution in [1.82, 2.24) is 5.32 Å². The maximum absolute atomic E-state index is 12.5. The number of carbonyl (C=O) groups excluding carboxylic acids is 1. The van der Waals surface area contributed by atoms with Crippen LogP contribution in [0.4, 0.5) is 23.7 Å². The Bertz CT molecular complexity index is 658. The van der Waals surface area contributed by atoms with Gasteiger partial charge < -0.3 is 15.7 Å². The van der Waals surface area contributed by atoms with Gasteiger partial charge in [-0.1, -0.05) is 30.3 Å². The Balaban J connectivity index is 1.91. The lowest BCUT2D eigenvalue weighted by molar-refractivity contribution is -0.137. The van der Waals surface area contributed by atoms with E-state index in [-0.39, 0.29) is 12.3 Å². The number of anilines is 1. The van der Waals surface area contributed by atoms with E-state index in [2.05, 4.69) is 10.6 Å². The number of rotatable bonds is 5. The molecule has 1 unspecified atom stereocenters. The summed E-state index contributed by atoms with van der Waals surface area (Å²) in [5, 5.41) is 14.4. The number of halogens is 3. The van der Waals surface area contributed by atoms with Crippen molar-refractivity contribution in [2.45, 2.75) is 18.6 Å². The molecule has 7 heteroatoms. The van der Waals surface area contributed by atoms with Gasteiger partial charge >= 0.3 is 12.2 Å². The van der Waals surface area contributed by atoms with Crippen LogP contribution in [0.3, 0.4) is 0 Å². The van der Waals surface area contributed by atoms with Gasteiger partial charge in [-0.15, -0.1) is 0 Å². The van der Waals surface area contributed by atoms with Crippen LogP contribution < -0.4 is 10.6 Å². The Hall–Kier alpha value is -2.54. The lowest BCUT2D eigenvalue weighted by Crippen LogP contribution is -2.41. The molecule has 0 saturated heterocycles. The van der Waals surface area contributed by atoms with Gasteiger partial charge in [-0.3, -0.25) is 0 Å². The summed E-state index contributed by atoms with van der Waals surface area (Å²) in [7, 11) is 0. The van der Waals surface area contributed by atoms with Gasteiger partial charge in [-0.05, 0) is 36.2 Å². The molecule has 0 fully saturated rings. The molecule has 128 valence electrons. The van der Waals surface area contributed by atoms with Crippen LogP contribution in [-0.4, -0.2) is 23.8 Å². The third kappa shape index (κ3) is 5.27. The van der Waals surface area contributed by atoms with E-state index in [1.807, 2.05) is 30.3 Å². The van der Waals surface area contributed by atoms with Gasteiger partial charge in [0.15, 0.2) is 0 Å². The predicted molar refractivity (Wildman–Crippen MR) is 84.6 cm³/mol. The molecular weight excluding hydrogens is 321 g/mol. The zero-order valence-corrected chi connectivity index (χ0v) is 12.7. The molecule has 0 radical (unpaired) electrons. The summed E-state index contributed by atoms with van der Waals surface area (Å²) in [5.41, 5.74) is 0.397. The Morgan fingerprint density at radius 2 is 1.67 bits per heavy atom. The van der Waals surface area contributed by atoms with Crippen molar-refractivity contribution < 1.29 is 23.1 Å². The van der Waals surface area contributed by atoms with Crippen molar-refractivity contribution in [3.63, 3.8) is 0 Å². The third-order valence-corrected chi connectivity index (χ3v) is 3.35. The monoisotopic (exact) mass is 338 g/mol. The second-order valence-electron chi connectivity index (χ2n) is 5.24. The van der Waals surface area contributed by atoms with Crippen LogP contribution in [0, 0.1) is 0 Å². The second-order valence-corrected chi connectivity index (χ2v) is 5.24. The van der Waals surface area contributed by atoms with Crippen molar-refractivity contribution in [3.8, 4) is 0 Å². The number of hydrogen-bond donors (Lipinski definition) is 3. The fraction of sp³-hybridized carbons (Fsp3) is 0.235. The lowest BCUT2D eigenvalue weighted by atomic mass is 10.1. The summed E-state index contributed by atoms with van der Waals surface area (Å²) >= 11 is 0. The third-order valence-electron chi connectivity index (χ3n) is 3.35. The minimum absolute atomic E-state index is 0.233. The molecule has 0 aromatic heterocycles. The Morgan fingerprint density at radius 1 is 1.04 bits per heavy atom. The number of aliphatic hydroxyl groups is 1.